The van der Waals surface area contributed by atoms with Crippen molar-refractivity contribution in [2.24, 2.45) is 0 Å². The molecule has 0 aliphatic rings. The first-order valence-electron chi connectivity index (χ1n) is 6.38. The summed E-state index contributed by atoms with van der Waals surface area (Å²) in [5.74, 6) is -0.906. The Kier molecular flexibility index (Phi) is 6.70. The van der Waals surface area contributed by atoms with Crippen LogP contribution in [0, 0.1) is 15.9 Å². The van der Waals surface area contributed by atoms with Crippen LogP contribution in [0.2, 0.25) is 0 Å². The van der Waals surface area contributed by atoms with Crippen LogP contribution in [0.15, 0.2) is 18.2 Å². The fraction of sp³-hybridized carbons (Fsp3) is 0.462. The summed E-state index contributed by atoms with van der Waals surface area (Å²) in [6.45, 7) is 2.61. The van der Waals surface area contributed by atoms with Crippen molar-refractivity contribution in [1.82, 2.24) is 10.6 Å². The van der Waals surface area contributed by atoms with Gasteiger partial charge < -0.3 is 15.4 Å². The minimum absolute atomic E-state index is 0.150. The van der Waals surface area contributed by atoms with Gasteiger partial charge in [-0.15, -0.1) is 0 Å². The number of methoxy groups -OCH3 is 1. The van der Waals surface area contributed by atoms with Crippen LogP contribution in [-0.2, 0) is 16.1 Å². The average Bonchev–Trinajstić information content (AvgIpc) is 2.44. The highest BCUT2D eigenvalue weighted by molar-refractivity contribution is 5.81. The summed E-state index contributed by atoms with van der Waals surface area (Å²) in [4.78, 5) is 21.7. The van der Waals surface area contributed by atoms with Gasteiger partial charge in [0.25, 0.3) is 5.69 Å². The van der Waals surface area contributed by atoms with Crippen molar-refractivity contribution in [1.29, 1.82) is 0 Å². The number of carbonyl (C=O) groups excluding carboxylic acids is 1. The normalized spacial score (nSPS) is 12.0. The van der Waals surface area contributed by atoms with E-state index in [2.05, 4.69) is 10.6 Å². The Morgan fingerprint density at radius 1 is 1.48 bits per heavy atom. The molecule has 2 N–H and O–H groups in total. The predicted octanol–water partition coefficient (Wildman–Crippen LogP) is 0.975. The minimum Gasteiger partial charge on any atom is -0.383 e. The van der Waals surface area contributed by atoms with Gasteiger partial charge in [0.15, 0.2) is 0 Å². The zero-order valence-corrected chi connectivity index (χ0v) is 11.9. The number of hydrogen-bond acceptors (Lipinski definition) is 5. The molecule has 0 aromatic heterocycles. The Bertz CT molecular complexity index is 510. The quantitative estimate of drug-likeness (QED) is 0.424. The van der Waals surface area contributed by atoms with Gasteiger partial charge in [-0.2, -0.15) is 0 Å². The van der Waals surface area contributed by atoms with Crippen LogP contribution in [0.1, 0.15) is 12.5 Å². The minimum atomic E-state index is -0.682. The van der Waals surface area contributed by atoms with E-state index >= 15 is 0 Å². The molecule has 1 rings (SSSR count). The summed E-state index contributed by atoms with van der Waals surface area (Å²) in [7, 11) is 1.53. The maximum Gasteiger partial charge on any atom is 0.272 e. The molecule has 1 unspecified atom stereocenters. The molecule has 8 heteroatoms. The Balaban J connectivity index is 2.54. The molecule has 0 heterocycles. The molecule has 1 atom stereocenters. The van der Waals surface area contributed by atoms with E-state index in [1.807, 2.05) is 0 Å². The monoisotopic (exact) mass is 299 g/mol. The highest BCUT2D eigenvalue weighted by Gasteiger charge is 2.13. The van der Waals surface area contributed by atoms with Crippen LogP contribution in [0.3, 0.4) is 0 Å². The topological polar surface area (TPSA) is 93.5 Å². The Morgan fingerprint density at radius 3 is 2.81 bits per heavy atom. The number of nitrogens with zero attached hydrogens (tertiary/aromatic N) is 1. The van der Waals surface area contributed by atoms with Crippen LogP contribution >= 0.6 is 0 Å². The summed E-state index contributed by atoms with van der Waals surface area (Å²) < 4.78 is 18.1. The number of nitrogens with one attached hydrogen (secondary N) is 2. The number of ether oxygens (including phenoxy) is 1. The van der Waals surface area contributed by atoms with E-state index in [0.29, 0.717) is 18.7 Å². The molecule has 1 aromatic rings. The highest BCUT2D eigenvalue weighted by atomic mass is 19.1. The second-order valence-corrected chi connectivity index (χ2v) is 4.46. The molecule has 0 aliphatic heterocycles. The zero-order chi connectivity index (χ0) is 15.8. The molecular weight excluding hydrogens is 281 g/mol. The van der Waals surface area contributed by atoms with Crippen molar-refractivity contribution in [2.45, 2.75) is 19.5 Å². The molecule has 0 radical (unpaired) electrons. The Morgan fingerprint density at radius 2 is 2.19 bits per heavy atom. The highest BCUT2D eigenvalue weighted by Crippen LogP contribution is 2.16. The van der Waals surface area contributed by atoms with Crippen molar-refractivity contribution >= 4 is 11.6 Å². The fourth-order valence-electron chi connectivity index (χ4n) is 1.63. The maximum absolute atomic E-state index is 13.3. The molecule has 1 aromatic carbocycles. The third kappa shape index (κ3) is 5.84. The van der Waals surface area contributed by atoms with Crippen LogP contribution in [0.4, 0.5) is 10.1 Å². The third-order valence-corrected chi connectivity index (χ3v) is 2.76. The average molecular weight is 299 g/mol. The molecule has 0 saturated carbocycles. The number of non-ortho nitro benzene ring substituents is 1. The molecule has 7 nitrogen and oxygen atoms in total. The van der Waals surface area contributed by atoms with Crippen LogP contribution in [0.25, 0.3) is 0 Å². The largest absolute Gasteiger partial charge is 0.383 e. The molecule has 21 heavy (non-hydrogen) atoms. The molecule has 0 saturated heterocycles. The van der Waals surface area contributed by atoms with E-state index in [9.17, 15) is 19.3 Å². The lowest BCUT2D eigenvalue weighted by molar-refractivity contribution is -0.385. The first kappa shape index (κ1) is 17.0. The second kappa shape index (κ2) is 8.28. The van der Waals surface area contributed by atoms with Crippen molar-refractivity contribution in [2.75, 3.05) is 20.3 Å². The molecule has 1 amide bonds. The summed E-state index contributed by atoms with van der Waals surface area (Å²) in [6, 6.07) is 2.80. The van der Waals surface area contributed by atoms with Crippen LogP contribution in [-0.4, -0.2) is 37.1 Å². The van der Waals surface area contributed by atoms with E-state index in [4.69, 9.17) is 4.74 Å². The van der Waals surface area contributed by atoms with Gasteiger partial charge in [0.05, 0.1) is 23.6 Å². The zero-order valence-electron chi connectivity index (χ0n) is 11.9. The van der Waals surface area contributed by atoms with Crippen molar-refractivity contribution in [3.63, 3.8) is 0 Å². The van der Waals surface area contributed by atoms with Crippen molar-refractivity contribution in [3.05, 3.63) is 39.7 Å². The van der Waals surface area contributed by atoms with Gasteiger partial charge in [-0.3, -0.25) is 14.9 Å². The molecule has 0 aliphatic carbocycles. The Hall–Kier alpha value is -2.06. The summed E-state index contributed by atoms with van der Waals surface area (Å²) in [6.07, 6.45) is 0. The molecule has 0 spiro atoms. The molecule has 0 fully saturated rings. The lowest BCUT2D eigenvalue weighted by Crippen LogP contribution is -2.42. The number of amides is 1. The van der Waals surface area contributed by atoms with Crippen molar-refractivity contribution < 1.29 is 18.8 Å². The lowest BCUT2D eigenvalue weighted by Gasteiger charge is -2.14. The first-order valence-corrected chi connectivity index (χ1v) is 6.38. The van der Waals surface area contributed by atoms with Gasteiger partial charge in [0, 0.05) is 26.3 Å². The molecular formula is C13H18FN3O4. The van der Waals surface area contributed by atoms with Gasteiger partial charge >= 0.3 is 0 Å². The molecule has 0 bridgehead atoms. The summed E-state index contributed by atoms with van der Waals surface area (Å²) in [5, 5.41) is 16.2. The standard InChI is InChI=1S/C13H18FN3O4/c1-9(13(18)15-3-4-21-2)16-8-10-5-11(14)7-12(6-10)17(19)20/h5-7,9,16H,3-4,8H2,1-2H3,(H,15,18). The van der Waals surface area contributed by atoms with E-state index in [0.717, 1.165) is 6.07 Å². The number of halogens is 1. The smallest absolute Gasteiger partial charge is 0.272 e. The number of hydrogen-bond donors (Lipinski definition) is 2. The summed E-state index contributed by atoms with van der Waals surface area (Å²) >= 11 is 0. The van der Waals surface area contributed by atoms with Crippen molar-refractivity contribution in [3.8, 4) is 0 Å². The van der Waals surface area contributed by atoms with E-state index in [1.54, 1.807) is 6.92 Å². The predicted molar refractivity (Wildman–Crippen MR) is 74.2 cm³/mol. The van der Waals surface area contributed by atoms with Gasteiger partial charge in [-0.25, -0.2) is 4.39 Å². The van der Waals surface area contributed by atoms with Gasteiger partial charge in [-0.05, 0) is 18.6 Å². The lowest BCUT2D eigenvalue weighted by atomic mass is 10.2. The fourth-order valence-corrected chi connectivity index (χ4v) is 1.63. The van der Waals surface area contributed by atoms with E-state index in [-0.39, 0.29) is 18.1 Å². The molecule has 116 valence electrons. The summed E-state index contributed by atoms with van der Waals surface area (Å²) in [5.41, 5.74) is 0.0854. The number of rotatable bonds is 8. The Labute approximate surface area is 121 Å². The van der Waals surface area contributed by atoms with Crippen LogP contribution < -0.4 is 10.6 Å². The number of nitro benzene ring substituents is 1. The number of nitro groups is 1. The van der Waals surface area contributed by atoms with E-state index in [1.165, 1.54) is 19.2 Å². The number of carbonyl (C=O) groups is 1. The SMILES string of the molecule is COCCNC(=O)C(C)NCc1cc(F)cc([N+](=O)[O-])c1. The van der Waals surface area contributed by atoms with Crippen LogP contribution in [0.5, 0.6) is 0 Å². The number of benzene rings is 1. The second-order valence-electron chi connectivity index (χ2n) is 4.46. The maximum atomic E-state index is 13.3. The van der Waals surface area contributed by atoms with E-state index < -0.39 is 16.8 Å². The van der Waals surface area contributed by atoms with Gasteiger partial charge in [0.2, 0.25) is 5.91 Å². The first-order chi connectivity index (χ1) is 9.93. The third-order valence-electron chi connectivity index (χ3n) is 2.76. The van der Waals surface area contributed by atoms with Gasteiger partial charge in [-0.1, -0.05) is 0 Å². The van der Waals surface area contributed by atoms with Gasteiger partial charge in [0.1, 0.15) is 5.82 Å².